The van der Waals surface area contributed by atoms with E-state index in [0.717, 1.165) is 17.7 Å². The van der Waals surface area contributed by atoms with Gasteiger partial charge in [0.05, 0.1) is 22.0 Å². The number of benzene rings is 2. The molecule has 2 aliphatic rings. The third kappa shape index (κ3) is 3.98. The molecule has 1 spiro atoms. The van der Waals surface area contributed by atoms with Gasteiger partial charge in [-0.05, 0) is 42.2 Å². The molecule has 2 aliphatic heterocycles. The number of nitrogens with zero attached hydrogens (tertiary/aromatic N) is 4. The van der Waals surface area contributed by atoms with Crippen molar-refractivity contribution in [3.8, 4) is 17.5 Å². The second kappa shape index (κ2) is 8.81. The summed E-state index contributed by atoms with van der Waals surface area (Å²) in [6.45, 7) is 6.11. The number of hydrogen-bond acceptors (Lipinski definition) is 5. The maximum atomic E-state index is 9.57. The zero-order valence-electron chi connectivity index (χ0n) is 17.9. The predicted octanol–water partition coefficient (Wildman–Crippen LogP) is 5.17. The number of ether oxygens (including phenoxy) is 1. The van der Waals surface area contributed by atoms with Crippen LogP contribution >= 0.6 is 35.1 Å². The van der Waals surface area contributed by atoms with Crippen molar-refractivity contribution in [2.24, 2.45) is 5.41 Å². The highest BCUT2D eigenvalue weighted by atomic mass is 35.5. The van der Waals surface area contributed by atoms with Gasteiger partial charge in [0.2, 0.25) is 0 Å². The van der Waals surface area contributed by atoms with E-state index in [2.05, 4.69) is 50.4 Å². The van der Waals surface area contributed by atoms with Gasteiger partial charge in [-0.1, -0.05) is 29.6 Å². The molecule has 3 heterocycles. The van der Waals surface area contributed by atoms with Crippen LogP contribution in [0.5, 0.6) is 5.75 Å². The Morgan fingerprint density at radius 3 is 2.69 bits per heavy atom. The number of halogens is 2. The quantitative estimate of drug-likeness (QED) is 0.340. The van der Waals surface area contributed by atoms with Gasteiger partial charge in [0.15, 0.2) is 5.75 Å². The lowest BCUT2D eigenvalue weighted by Gasteiger charge is -2.59. The van der Waals surface area contributed by atoms with Crippen molar-refractivity contribution < 1.29 is 4.74 Å². The first-order valence-electron chi connectivity index (χ1n) is 10.6. The first kappa shape index (κ1) is 21.9. The summed E-state index contributed by atoms with van der Waals surface area (Å²) < 4.78 is 10.1. The summed E-state index contributed by atoms with van der Waals surface area (Å²) in [6.07, 6.45) is 4.17. The van der Waals surface area contributed by atoms with Crippen molar-refractivity contribution in [2.75, 3.05) is 44.9 Å². The van der Waals surface area contributed by atoms with E-state index in [1.54, 1.807) is 6.07 Å². The number of hydrogen-bond donors (Lipinski definition) is 0. The first-order valence-corrected chi connectivity index (χ1v) is 12.7. The molecule has 166 valence electrons. The fourth-order valence-corrected chi connectivity index (χ4v) is 6.06. The number of aromatic nitrogens is 1. The van der Waals surface area contributed by atoms with Gasteiger partial charge in [0.1, 0.15) is 12.7 Å². The van der Waals surface area contributed by atoms with Crippen LogP contribution in [0, 0.1) is 16.7 Å². The van der Waals surface area contributed by atoms with Gasteiger partial charge in [-0.2, -0.15) is 5.26 Å². The van der Waals surface area contributed by atoms with E-state index in [1.807, 2.05) is 24.2 Å². The Morgan fingerprint density at radius 1 is 1.16 bits per heavy atom. The second-order valence-electron chi connectivity index (χ2n) is 8.66. The molecule has 5 nitrogen and oxygen atoms in total. The van der Waals surface area contributed by atoms with Crippen LogP contribution in [0.3, 0.4) is 0 Å². The molecule has 0 radical (unpaired) electrons. The molecule has 0 saturated carbocycles. The van der Waals surface area contributed by atoms with Crippen LogP contribution in [-0.4, -0.2) is 58.7 Å². The third-order valence-electron chi connectivity index (χ3n) is 6.31. The van der Waals surface area contributed by atoms with Gasteiger partial charge in [-0.15, -0.1) is 11.6 Å². The van der Waals surface area contributed by atoms with Crippen molar-refractivity contribution in [1.29, 1.82) is 5.26 Å². The van der Waals surface area contributed by atoms with Crippen LogP contribution in [0.1, 0.15) is 11.1 Å². The number of alkyl halides is 1. The van der Waals surface area contributed by atoms with E-state index in [1.165, 1.54) is 37.1 Å². The van der Waals surface area contributed by atoms with Gasteiger partial charge in [-0.3, -0.25) is 4.90 Å². The van der Waals surface area contributed by atoms with E-state index < -0.39 is 0 Å². The molecule has 5 rings (SSSR count). The third-order valence-corrected chi connectivity index (χ3v) is 7.52. The minimum Gasteiger partial charge on any atom is -0.489 e. The molecule has 0 amide bonds. The highest BCUT2D eigenvalue weighted by Gasteiger charge is 2.51. The van der Waals surface area contributed by atoms with Crippen LogP contribution in [0.25, 0.3) is 16.6 Å². The highest BCUT2D eigenvalue weighted by Crippen LogP contribution is 2.42. The Morgan fingerprint density at radius 2 is 1.97 bits per heavy atom. The Bertz CT molecular complexity index is 1190. The molecule has 2 aromatic carbocycles. The van der Waals surface area contributed by atoms with Gasteiger partial charge >= 0.3 is 0 Å². The van der Waals surface area contributed by atoms with Crippen LogP contribution in [0.2, 0.25) is 5.02 Å². The first-order chi connectivity index (χ1) is 15.5. The van der Waals surface area contributed by atoms with Crippen molar-refractivity contribution in [3.63, 3.8) is 0 Å². The molecule has 0 bridgehead atoms. The molecule has 0 N–H and O–H groups in total. The van der Waals surface area contributed by atoms with Crippen molar-refractivity contribution in [2.45, 2.75) is 6.54 Å². The van der Waals surface area contributed by atoms with Gasteiger partial charge in [0, 0.05) is 55.4 Å². The second-order valence-corrected chi connectivity index (χ2v) is 10.3. The van der Waals surface area contributed by atoms with Crippen LogP contribution in [-0.2, 0) is 6.54 Å². The topological polar surface area (TPSA) is 44.4 Å². The molecule has 3 aromatic rings. The molecule has 0 unspecified atom stereocenters. The Balaban J connectivity index is 1.34. The van der Waals surface area contributed by atoms with Crippen LogP contribution < -0.4 is 4.74 Å². The molecule has 0 atom stereocenters. The van der Waals surface area contributed by atoms with Crippen LogP contribution in [0.4, 0.5) is 0 Å². The highest BCUT2D eigenvalue weighted by molar-refractivity contribution is 7.96. The predicted molar refractivity (Wildman–Crippen MR) is 132 cm³/mol. The van der Waals surface area contributed by atoms with Crippen molar-refractivity contribution >= 4 is 46.1 Å². The minimum absolute atomic E-state index is 0.304. The van der Waals surface area contributed by atoms with E-state index in [0.29, 0.717) is 34.2 Å². The number of rotatable bonds is 7. The van der Waals surface area contributed by atoms with E-state index in [-0.39, 0.29) is 0 Å². The zero-order valence-corrected chi connectivity index (χ0v) is 20.2. The number of nitriles is 1. The number of likely N-dealkylation sites (tertiary alicyclic amines) is 1. The van der Waals surface area contributed by atoms with E-state index in [9.17, 15) is 5.26 Å². The summed E-state index contributed by atoms with van der Waals surface area (Å²) in [5.74, 6) is 0.721. The standard InChI is InChI=1S/C24H24Cl2N4OS/c1-32-29-15-24(16-29)13-28(14-24)12-17-2-3-22-18(8-17)4-6-30(22)20-9-19(11-27)23(21(26)10-20)31-7-5-25/h2-4,6,8-10H,5,7,12-16H2,1H3. The summed E-state index contributed by atoms with van der Waals surface area (Å²) in [7, 11) is 0. The molecular weight excluding hydrogens is 463 g/mol. The van der Waals surface area contributed by atoms with Gasteiger partial charge in [0.25, 0.3) is 0 Å². The average molecular weight is 487 g/mol. The van der Waals surface area contributed by atoms with E-state index >= 15 is 0 Å². The molecule has 2 fully saturated rings. The summed E-state index contributed by atoms with van der Waals surface area (Å²) in [6, 6.07) is 14.5. The fraction of sp³-hybridized carbons (Fsp3) is 0.375. The summed E-state index contributed by atoms with van der Waals surface area (Å²) in [5, 5.41) is 11.2. The molecule has 1 aromatic heterocycles. The molecular formula is C24H24Cl2N4OS. The summed E-state index contributed by atoms with van der Waals surface area (Å²) >= 11 is 14.0. The lowest BCUT2D eigenvalue weighted by atomic mass is 9.74. The lowest BCUT2D eigenvalue weighted by Crippen LogP contribution is -2.70. The van der Waals surface area contributed by atoms with E-state index in [4.69, 9.17) is 27.9 Å². The summed E-state index contributed by atoms with van der Waals surface area (Å²) in [4.78, 5) is 2.54. The maximum Gasteiger partial charge on any atom is 0.155 e. The SMILES string of the molecule is CSN1CC2(CN(Cc3ccc4c(ccn4-c4cc(Cl)c(OCCCl)c(C#N)c4)c3)C2)C1. The average Bonchev–Trinajstić information content (AvgIpc) is 3.16. The summed E-state index contributed by atoms with van der Waals surface area (Å²) in [5.41, 5.74) is 4.18. The monoisotopic (exact) mass is 486 g/mol. The molecule has 8 heteroatoms. The van der Waals surface area contributed by atoms with Crippen LogP contribution in [0.15, 0.2) is 42.6 Å². The zero-order chi connectivity index (χ0) is 22.3. The molecule has 32 heavy (non-hydrogen) atoms. The number of fused-ring (bicyclic) bond motifs is 1. The Kier molecular flexibility index (Phi) is 6.04. The largest absolute Gasteiger partial charge is 0.489 e. The Labute approximate surface area is 202 Å². The van der Waals surface area contributed by atoms with Crippen molar-refractivity contribution in [3.05, 3.63) is 58.7 Å². The van der Waals surface area contributed by atoms with Gasteiger partial charge < -0.3 is 9.30 Å². The normalized spacial score (nSPS) is 17.8. The molecule has 0 aliphatic carbocycles. The fourth-order valence-electron chi connectivity index (χ4n) is 4.91. The molecule has 2 saturated heterocycles. The minimum atomic E-state index is 0.304. The smallest absolute Gasteiger partial charge is 0.155 e. The maximum absolute atomic E-state index is 9.57. The Hall–Kier alpha value is -1.88. The van der Waals surface area contributed by atoms with Gasteiger partial charge in [-0.25, -0.2) is 4.31 Å². The van der Waals surface area contributed by atoms with Crippen molar-refractivity contribution in [1.82, 2.24) is 13.8 Å². The lowest BCUT2D eigenvalue weighted by molar-refractivity contribution is -0.0809.